The summed E-state index contributed by atoms with van der Waals surface area (Å²) < 4.78 is 0. The van der Waals surface area contributed by atoms with Gasteiger partial charge in [0.2, 0.25) is 29.5 Å². The zero-order chi connectivity index (χ0) is 34.0. The zero-order valence-corrected chi connectivity index (χ0v) is 26.0. The molecule has 13 N–H and O–H groups in total. The van der Waals surface area contributed by atoms with E-state index in [2.05, 4.69) is 26.3 Å². The van der Waals surface area contributed by atoms with Gasteiger partial charge in [-0.25, -0.2) is 0 Å². The van der Waals surface area contributed by atoms with Crippen molar-refractivity contribution in [1.82, 2.24) is 21.3 Å². The molecule has 0 heterocycles. The van der Waals surface area contributed by atoms with E-state index in [9.17, 15) is 29.1 Å². The van der Waals surface area contributed by atoms with Crippen molar-refractivity contribution < 1.29 is 29.1 Å². The molecular weight excluding hydrogens is 594 g/mol. The second-order valence-corrected chi connectivity index (χ2v) is 11.5. The van der Waals surface area contributed by atoms with Gasteiger partial charge in [0, 0.05) is 19.4 Å². The highest BCUT2D eigenvalue weighted by atomic mass is 16.3. The molecule has 0 saturated carbocycles. The third kappa shape index (κ3) is 9.66. The highest BCUT2D eigenvalue weighted by Crippen LogP contribution is 2.30. The monoisotopic (exact) mass is 637 g/mol. The van der Waals surface area contributed by atoms with Crippen molar-refractivity contribution in [1.29, 1.82) is 0 Å². The number of primary amides is 1. The fraction of sp³-hybridized carbons (Fsp3) is 0.419. The van der Waals surface area contributed by atoms with Crippen LogP contribution in [0, 0.1) is 13.8 Å². The van der Waals surface area contributed by atoms with Crippen LogP contribution in [0.15, 0.2) is 41.4 Å². The third-order valence-corrected chi connectivity index (χ3v) is 7.81. The molecule has 15 nitrogen and oxygen atoms in total. The molecule has 46 heavy (non-hydrogen) atoms. The molecule has 2 aromatic rings. The Hall–Kier alpha value is -5.18. The van der Waals surface area contributed by atoms with Crippen molar-refractivity contribution in [3.8, 4) is 5.75 Å². The van der Waals surface area contributed by atoms with Gasteiger partial charge < -0.3 is 49.3 Å². The molecule has 0 aromatic heterocycles. The van der Waals surface area contributed by atoms with Gasteiger partial charge >= 0.3 is 0 Å². The van der Waals surface area contributed by atoms with Gasteiger partial charge in [0.15, 0.2) is 5.96 Å². The number of rotatable bonds is 15. The number of amides is 5. The molecule has 5 amide bonds. The summed E-state index contributed by atoms with van der Waals surface area (Å²) in [5, 5.41) is 20.1. The average molecular weight is 638 g/mol. The van der Waals surface area contributed by atoms with Gasteiger partial charge in [-0.2, -0.15) is 0 Å². The van der Waals surface area contributed by atoms with Gasteiger partial charge in [0.1, 0.15) is 17.3 Å². The highest BCUT2D eigenvalue weighted by Gasteiger charge is 2.45. The summed E-state index contributed by atoms with van der Waals surface area (Å²) in [7, 11) is 0. The van der Waals surface area contributed by atoms with Crippen LogP contribution in [0.25, 0.3) is 0 Å². The van der Waals surface area contributed by atoms with Gasteiger partial charge in [-0.15, -0.1) is 0 Å². The molecule has 0 spiro atoms. The Morgan fingerprint density at radius 1 is 0.935 bits per heavy atom. The van der Waals surface area contributed by atoms with Gasteiger partial charge in [-0.3, -0.25) is 29.0 Å². The fourth-order valence-electron chi connectivity index (χ4n) is 5.50. The number of carbonyl (C=O) groups excluding carboxylic acids is 5. The number of phenolic OH excluding ortho intramolecular Hbond substituents is 1. The molecule has 0 radical (unpaired) electrons. The molecule has 3 rings (SSSR count). The van der Waals surface area contributed by atoms with E-state index in [-0.39, 0.29) is 43.9 Å². The first-order valence-corrected chi connectivity index (χ1v) is 14.8. The Kier molecular flexibility index (Phi) is 12.0. The average Bonchev–Trinajstić information content (AvgIpc) is 3.36. The number of hydrogen-bond donors (Lipinski definition) is 9. The Morgan fingerprint density at radius 3 is 2.09 bits per heavy atom. The van der Waals surface area contributed by atoms with E-state index in [0.717, 1.165) is 27.8 Å². The predicted molar refractivity (Wildman–Crippen MR) is 171 cm³/mol. The van der Waals surface area contributed by atoms with E-state index in [0.29, 0.717) is 6.42 Å². The lowest BCUT2D eigenvalue weighted by Gasteiger charge is -2.29. The van der Waals surface area contributed by atoms with Crippen LogP contribution < -0.4 is 44.2 Å². The van der Waals surface area contributed by atoms with E-state index in [1.807, 2.05) is 24.3 Å². The van der Waals surface area contributed by atoms with Crippen molar-refractivity contribution in [2.24, 2.45) is 27.9 Å². The molecule has 1 unspecified atom stereocenters. The van der Waals surface area contributed by atoms with E-state index in [1.165, 1.54) is 0 Å². The first kappa shape index (κ1) is 35.3. The summed E-state index contributed by atoms with van der Waals surface area (Å²) in [6.07, 6.45) is 1.07. The van der Waals surface area contributed by atoms with Crippen LogP contribution in [0.2, 0.25) is 0 Å². The van der Waals surface area contributed by atoms with Crippen LogP contribution in [0.1, 0.15) is 40.7 Å². The maximum Gasteiger partial charge on any atom is 0.246 e. The molecule has 0 fully saturated rings. The lowest BCUT2D eigenvalue weighted by atomic mass is 9.94. The largest absolute Gasteiger partial charge is 0.508 e. The van der Waals surface area contributed by atoms with Gasteiger partial charge in [0.25, 0.3) is 0 Å². The number of aliphatic imine (C=N–C) groups is 1. The number of aryl methyl sites for hydroxylation is 2. The number of carbonyl (C=O) groups is 5. The maximum atomic E-state index is 13.5. The number of benzene rings is 2. The van der Waals surface area contributed by atoms with Crippen LogP contribution in [-0.2, 0) is 43.2 Å². The van der Waals surface area contributed by atoms with Crippen LogP contribution in [0.5, 0.6) is 5.75 Å². The maximum absolute atomic E-state index is 13.5. The number of phenols is 1. The molecule has 2 aromatic carbocycles. The first-order chi connectivity index (χ1) is 21.7. The molecule has 0 aliphatic heterocycles. The van der Waals surface area contributed by atoms with Crippen LogP contribution in [-0.4, -0.2) is 77.9 Å². The van der Waals surface area contributed by atoms with Crippen molar-refractivity contribution in [2.75, 3.05) is 19.6 Å². The summed E-state index contributed by atoms with van der Waals surface area (Å²) >= 11 is 0. The lowest BCUT2D eigenvalue weighted by Crippen LogP contribution is -2.62. The minimum absolute atomic E-state index is 0.0980. The van der Waals surface area contributed by atoms with Crippen molar-refractivity contribution in [3.05, 3.63) is 64.2 Å². The Balaban J connectivity index is 1.61. The Bertz CT molecular complexity index is 1460. The number of nitrogens with zero attached hydrogens (tertiary/aromatic N) is 1. The minimum Gasteiger partial charge on any atom is -0.508 e. The van der Waals surface area contributed by atoms with Crippen molar-refractivity contribution in [2.45, 2.75) is 63.6 Å². The standard InChI is InChI=1S/C31H43N9O6/c1-17-10-21(41)11-18(2)22(17)12-23(32)28(45)37-16-26(43)40-31(13-19-6-3-4-7-20(19)14-31)29(46)38-15-25(42)39-24(27(33)44)8-5-9-36-30(34)35/h3-4,6-7,10-11,23-24,41H,5,8-9,12-16,32H2,1-2H3,(H2,33,44)(H,37,45)(H,38,46)(H,39,42)(H,40,43)(H4,34,35,36)/t23?,24-/m0/s1. The summed E-state index contributed by atoms with van der Waals surface area (Å²) in [5.74, 6) is -3.19. The highest BCUT2D eigenvalue weighted by molar-refractivity contribution is 5.97. The number of nitrogens with one attached hydrogen (secondary N) is 4. The van der Waals surface area contributed by atoms with Crippen LogP contribution in [0.4, 0.5) is 0 Å². The van der Waals surface area contributed by atoms with E-state index in [4.69, 9.17) is 22.9 Å². The normalized spacial score (nSPS) is 14.2. The van der Waals surface area contributed by atoms with Gasteiger partial charge in [-0.05, 0) is 73.1 Å². The minimum atomic E-state index is -1.43. The number of guanidine groups is 1. The van der Waals surface area contributed by atoms with Crippen LogP contribution >= 0.6 is 0 Å². The first-order valence-electron chi connectivity index (χ1n) is 14.8. The molecule has 2 atom stereocenters. The Morgan fingerprint density at radius 2 is 1.52 bits per heavy atom. The summed E-state index contributed by atoms with van der Waals surface area (Å²) in [4.78, 5) is 67.7. The SMILES string of the molecule is Cc1cc(O)cc(C)c1CC(N)C(=O)NCC(=O)NC1(C(=O)NCC(=O)N[C@@H](CCCN=C(N)N)C(N)=O)Cc2ccccc2C1. The number of hydrogen-bond acceptors (Lipinski definition) is 8. The quantitative estimate of drug-likeness (QED) is 0.0581. The molecular formula is C31H43N9O6. The van der Waals surface area contributed by atoms with E-state index in [1.54, 1.807) is 26.0 Å². The molecule has 15 heteroatoms. The van der Waals surface area contributed by atoms with E-state index < -0.39 is 60.2 Å². The second-order valence-electron chi connectivity index (χ2n) is 11.5. The smallest absolute Gasteiger partial charge is 0.246 e. The zero-order valence-electron chi connectivity index (χ0n) is 26.0. The van der Waals surface area contributed by atoms with E-state index >= 15 is 0 Å². The molecule has 248 valence electrons. The lowest BCUT2D eigenvalue weighted by molar-refractivity contribution is -0.135. The fourth-order valence-corrected chi connectivity index (χ4v) is 5.50. The second kappa shape index (κ2) is 15.7. The number of nitrogens with two attached hydrogens (primary N) is 4. The summed E-state index contributed by atoms with van der Waals surface area (Å²) in [6, 6.07) is 8.53. The summed E-state index contributed by atoms with van der Waals surface area (Å²) in [6.45, 7) is 2.94. The summed E-state index contributed by atoms with van der Waals surface area (Å²) in [5.41, 5.74) is 24.8. The van der Waals surface area contributed by atoms with Gasteiger partial charge in [-0.1, -0.05) is 24.3 Å². The topological polar surface area (TPSA) is 270 Å². The number of aromatic hydroxyl groups is 1. The van der Waals surface area contributed by atoms with Gasteiger partial charge in [0.05, 0.1) is 19.1 Å². The molecule has 1 aliphatic rings. The predicted octanol–water partition coefficient (Wildman–Crippen LogP) is -2.21. The Labute approximate surface area is 266 Å². The van der Waals surface area contributed by atoms with Crippen molar-refractivity contribution >= 4 is 35.5 Å². The molecule has 0 saturated heterocycles. The van der Waals surface area contributed by atoms with Crippen LogP contribution in [0.3, 0.4) is 0 Å². The van der Waals surface area contributed by atoms with Crippen molar-refractivity contribution in [3.63, 3.8) is 0 Å². The third-order valence-electron chi connectivity index (χ3n) is 7.81. The molecule has 0 bridgehead atoms. The molecule has 1 aliphatic carbocycles. The number of fused-ring (bicyclic) bond motifs is 1.